The summed E-state index contributed by atoms with van der Waals surface area (Å²) in [4.78, 5) is 59.1. The van der Waals surface area contributed by atoms with Gasteiger partial charge in [-0.05, 0) is 63.4 Å². The van der Waals surface area contributed by atoms with Gasteiger partial charge in [-0.15, -0.1) is 0 Å². The monoisotopic (exact) mass is 729 g/mol. The van der Waals surface area contributed by atoms with Crippen LogP contribution in [0.1, 0.15) is 55.6 Å². The molecule has 11 nitrogen and oxygen atoms in total. The van der Waals surface area contributed by atoms with Crippen molar-refractivity contribution in [1.29, 1.82) is 0 Å². The minimum absolute atomic E-state index is 0.00887. The van der Waals surface area contributed by atoms with Crippen LogP contribution in [0, 0.1) is 6.92 Å². The lowest BCUT2D eigenvalue weighted by atomic mass is 9.77. The zero-order chi connectivity index (χ0) is 38.9. The highest BCUT2D eigenvalue weighted by molar-refractivity contribution is 6.02. The van der Waals surface area contributed by atoms with Crippen LogP contribution in [0.3, 0.4) is 0 Å². The Hall–Kier alpha value is -6.23. The highest BCUT2D eigenvalue weighted by atomic mass is 16.6. The van der Waals surface area contributed by atoms with Crippen molar-refractivity contribution in [3.05, 3.63) is 156 Å². The molecule has 0 saturated heterocycles. The number of anilines is 1. The zero-order valence-corrected chi connectivity index (χ0v) is 31.5. The number of nitrogens with zero attached hydrogens (tertiary/aromatic N) is 3. The molecule has 4 aromatic carbocycles. The highest BCUT2D eigenvalue weighted by Crippen LogP contribution is 2.40. The first-order chi connectivity index (χ1) is 25.8. The van der Waals surface area contributed by atoms with E-state index in [0.29, 0.717) is 11.4 Å². The lowest BCUT2D eigenvalue weighted by Crippen LogP contribution is -2.52. The van der Waals surface area contributed by atoms with Crippen molar-refractivity contribution in [2.75, 3.05) is 18.6 Å². The molecule has 0 fully saturated rings. The number of carbonyl (C=O) groups excluding carboxylic acids is 4. The van der Waals surface area contributed by atoms with Crippen molar-refractivity contribution < 1.29 is 28.7 Å². The molecule has 0 bridgehead atoms. The number of carbonyl (C=O) groups is 4. The average Bonchev–Trinajstić information content (AvgIpc) is 3.62. The summed E-state index contributed by atoms with van der Waals surface area (Å²) >= 11 is 0. The maximum atomic E-state index is 13.8. The highest BCUT2D eigenvalue weighted by Gasteiger charge is 2.39. The van der Waals surface area contributed by atoms with E-state index in [1.165, 1.54) is 18.9 Å². The summed E-state index contributed by atoms with van der Waals surface area (Å²) < 4.78 is 12.5. The van der Waals surface area contributed by atoms with E-state index in [-0.39, 0.29) is 6.42 Å². The maximum Gasteiger partial charge on any atom is 0.408 e. The van der Waals surface area contributed by atoms with Crippen LogP contribution >= 0.6 is 0 Å². The van der Waals surface area contributed by atoms with E-state index in [4.69, 9.17) is 14.5 Å². The maximum absolute atomic E-state index is 13.8. The lowest BCUT2D eigenvalue weighted by Gasteiger charge is -2.37. The fourth-order valence-corrected chi connectivity index (χ4v) is 6.37. The van der Waals surface area contributed by atoms with Crippen molar-refractivity contribution in [1.82, 2.24) is 20.2 Å². The van der Waals surface area contributed by atoms with Gasteiger partial charge in [0.15, 0.2) is 0 Å². The fraction of sp³-hybridized carbons (Fsp3) is 0.279. The van der Waals surface area contributed by atoms with Crippen LogP contribution in [-0.4, -0.2) is 64.8 Å². The molecule has 0 aliphatic carbocycles. The Bertz CT molecular complexity index is 1930. The Balaban J connectivity index is 1.43. The van der Waals surface area contributed by atoms with Crippen LogP contribution < -0.4 is 15.5 Å². The number of hydrogen-bond donors (Lipinski definition) is 2. The van der Waals surface area contributed by atoms with Gasteiger partial charge in [0.2, 0.25) is 11.8 Å². The van der Waals surface area contributed by atoms with Crippen molar-refractivity contribution in [3.63, 3.8) is 0 Å². The minimum Gasteiger partial charge on any atom is -0.467 e. The summed E-state index contributed by atoms with van der Waals surface area (Å²) in [6, 6.07) is 35.2. The Kier molecular flexibility index (Phi) is 12.3. The number of rotatable bonds is 13. The molecule has 0 radical (unpaired) electrons. The Morgan fingerprint density at radius 1 is 0.778 bits per heavy atom. The third-order valence-electron chi connectivity index (χ3n) is 8.85. The molecule has 2 atom stereocenters. The number of nitrogens with one attached hydrogen (secondary N) is 2. The van der Waals surface area contributed by atoms with Crippen molar-refractivity contribution >= 4 is 29.6 Å². The van der Waals surface area contributed by atoms with E-state index in [1.54, 1.807) is 39.2 Å². The summed E-state index contributed by atoms with van der Waals surface area (Å²) in [5, 5.41) is 5.32. The number of methoxy groups -OCH3 is 1. The van der Waals surface area contributed by atoms with Crippen molar-refractivity contribution in [2.24, 2.45) is 0 Å². The number of imidazole rings is 1. The number of aromatic nitrogens is 2. The number of ether oxygens (including phenoxy) is 2. The molecule has 11 heteroatoms. The molecule has 2 N–H and O–H groups in total. The van der Waals surface area contributed by atoms with Gasteiger partial charge in [0, 0.05) is 18.3 Å². The van der Waals surface area contributed by atoms with Gasteiger partial charge in [0.05, 0.1) is 19.1 Å². The second-order valence-electron chi connectivity index (χ2n) is 14.1. The first-order valence-electron chi connectivity index (χ1n) is 17.8. The molecule has 1 heterocycles. The van der Waals surface area contributed by atoms with Gasteiger partial charge in [0.1, 0.15) is 29.8 Å². The third kappa shape index (κ3) is 9.22. The minimum atomic E-state index is -1.13. The Labute approximate surface area is 316 Å². The van der Waals surface area contributed by atoms with E-state index in [1.807, 2.05) is 84.4 Å². The SMILES string of the molecule is COC(=O)[C@H](Cc1cn(C(c2ccccc2)(c2ccccc2)c2ccccc2)cn1)NC(=O)CN(C(=O)[C@H](C)NC(=O)OC(C)(C)C)c1ccc(C)cc1. The predicted octanol–water partition coefficient (Wildman–Crippen LogP) is 6.18. The lowest BCUT2D eigenvalue weighted by molar-refractivity contribution is -0.144. The van der Waals surface area contributed by atoms with Crippen molar-refractivity contribution in [3.8, 4) is 0 Å². The number of aryl methyl sites for hydroxylation is 1. The summed E-state index contributed by atoms with van der Waals surface area (Å²) in [7, 11) is 1.25. The van der Waals surface area contributed by atoms with Crippen LogP contribution in [0.2, 0.25) is 0 Å². The summed E-state index contributed by atoms with van der Waals surface area (Å²) in [5.41, 5.74) is 3.33. The second kappa shape index (κ2) is 17.1. The van der Waals surface area contributed by atoms with Gasteiger partial charge in [-0.3, -0.25) is 9.59 Å². The average molecular weight is 730 g/mol. The largest absolute Gasteiger partial charge is 0.467 e. The zero-order valence-electron chi connectivity index (χ0n) is 31.5. The second-order valence-corrected chi connectivity index (χ2v) is 14.1. The van der Waals surface area contributed by atoms with E-state index in [0.717, 1.165) is 22.3 Å². The number of alkyl carbamates (subject to hydrolysis) is 1. The van der Waals surface area contributed by atoms with Crippen molar-refractivity contribution in [2.45, 2.75) is 64.3 Å². The molecular formula is C43H47N5O6. The molecule has 0 aliphatic rings. The normalized spacial score (nSPS) is 12.6. The van der Waals surface area contributed by atoms with E-state index in [9.17, 15) is 19.2 Å². The van der Waals surface area contributed by atoms with Crippen LogP contribution in [0.25, 0.3) is 0 Å². The molecular weight excluding hydrogens is 683 g/mol. The summed E-state index contributed by atoms with van der Waals surface area (Å²) in [5.74, 6) is -1.84. The quantitative estimate of drug-likeness (QED) is 0.109. The molecule has 5 rings (SSSR count). The molecule has 54 heavy (non-hydrogen) atoms. The van der Waals surface area contributed by atoms with Gasteiger partial charge in [0.25, 0.3) is 0 Å². The number of amides is 3. The molecule has 0 unspecified atom stereocenters. The topological polar surface area (TPSA) is 132 Å². The van der Waals surface area contributed by atoms with Crippen LogP contribution in [0.5, 0.6) is 0 Å². The first-order valence-corrected chi connectivity index (χ1v) is 17.8. The third-order valence-corrected chi connectivity index (χ3v) is 8.85. The van der Waals surface area contributed by atoms with E-state index < -0.39 is 53.6 Å². The van der Waals surface area contributed by atoms with E-state index >= 15 is 0 Å². The summed E-state index contributed by atoms with van der Waals surface area (Å²) in [6.07, 6.45) is 2.85. The van der Waals surface area contributed by atoms with Crippen LogP contribution in [0.4, 0.5) is 10.5 Å². The molecule has 0 saturated carbocycles. The number of hydrogen-bond acceptors (Lipinski definition) is 7. The molecule has 0 aliphatic heterocycles. The number of esters is 1. The van der Waals surface area contributed by atoms with Gasteiger partial charge in [-0.1, -0.05) is 109 Å². The molecule has 280 valence electrons. The van der Waals surface area contributed by atoms with Crippen LogP contribution in [0.15, 0.2) is 128 Å². The molecule has 0 spiro atoms. The smallest absolute Gasteiger partial charge is 0.408 e. The fourth-order valence-electron chi connectivity index (χ4n) is 6.37. The van der Waals surface area contributed by atoms with Gasteiger partial charge >= 0.3 is 12.1 Å². The summed E-state index contributed by atoms with van der Waals surface area (Å²) in [6.45, 7) is 8.13. The van der Waals surface area contributed by atoms with Crippen LogP contribution in [-0.2, 0) is 35.8 Å². The van der Waals surface area contributed by atoms with Gasteiger partial charge < -0.3 is 29.6 Å². The molecule has 1 aromatic heterocycles. The predicted molar refractivity (Wildman–Crippen MR) is 207 cm³/mol. The first kappa shape index (κ1) is 39.0. The van der Waals surface area contributed by atoms with E-state index in [2.05, 4.69) is 47.0 Å². The van der Waals surface area contributed by atoms with Gasteiger partial charge in [-0.2, -0.15) is 0 Å². The molecule has 5 aromatic rings. The van der Waals surface area contributed by atoms with Gasteiger partial charge in [-0.25, -0.2) is 14.6 Å². The number of benzene rings is 4. The molecule has 3 amide bonds. The Morgan fingerprint density at radius 2 is 1.30 bits per heavy atom. The standard InChI is InChI=1S/C43H47N5O6/c1-30-22-24-36(25-23-30)48(39(50)31(2)45-41(52)54-42(3,4)5)28-38(49)46-37(40(51)53-6)26-35-27-47(29-44-35)43(32-16-10-7-11-17-32,33-18-12-8-13-19-33)34-20-14-9-15-21-34/h7-25,27,29,31,37H,26,28H2,1-6H3,(H,45,52)(H,46,49)/t31-,37-/m0/s1. The Morgan fingerprint density at radius 3 is 1.78 bits per heavy atom.